The van der Waals surface area contributed by atoms with E-state index in [2.05, 4.69) is 0 Å². The van der Waals surface area contributed by atoms with Gasteiger partial charge in [-0.3, -0.25) is 4.57 Å². The Morgan fingerprint density at radius 2 is 2.04 bits per heavy atom. The van der Waals surface area contributed by atoms with E-state index in [4.69, 9.17) is 9.26 Å². The van der Waals surface area contributed by atoms with Crippen LogP contribution in [0.25, 0.3) is 0 Å². The zero-order valence-electron chi connectivity index (χ0n) is 14.7. The maximum atomic E-state index is 13.0. The third-order valence-corrected chi connectivity index (χ3v) is 6.03. The Hall–Kier alpha value is -1.36. The van der Waals surface area contributed by atoms with Crippen molar-refractivity contribution in [1.29, 1.82) is 0 Å². The number of aliphatic hydroxyl groups excluding tert-OH is 1. The standard InChI is InChI=1S/C17H26NO5P/c1-17(2,3)23-16(20)18(24(21,12-19)22-4)15-11-7-9-13-8-5-6-10-14(13)15/h5-6,8,10,15,19H,7,9,11-12H2,1-4H3/t15-,24-/m0/s1. The largest absolute Gasteiger partial charge is 0.443 e. The summed E-state index contributed by atoms with van der Waals surface area (Å²) in [4.78, 5) is 12.8. The number of aliphatic hydroxyl groups is 1. The minimum atomic E-state index is -3.74. The molecule has 0 saturated carbocycles. The van der Waals surface area contributed by atoms with E-state index >= 15 is 0 Å². The maximum Gasteiger partial charge on any atom is 0.418 e. The first-order valence-electron chi connectivity index (χ1n) is 8.08. The van der Waals surface area contributed by atoms with Gasteiger partial charge in [-0.15, -0.1) is 0 Å². The summed E-state index contributed by atoms with van der Waals surface area (Å²) in [5.41, 5.74) is 1.31. The van der Waals surface area contributed by atoms with Crippen molar-refractivity contribution in [1.82, 2.24) is 4.67 Å². The van der Waals surface area contributed by atoms with Crippen molar-refractivity contribution < 1.29 is 23.7 Å². The second kappa shape index (κ2) is 7.26. The van der Waals surface area contributed by atoms with Gasteiger partial charge in [0, 0.05) is 7.11 Å². The number of hydrogen-bond donors (Lipinski definition) is 1. The summed E-state index contributed by atoms with van der Waals surface area (Å²) in [5.74, 6) is 0. The van der Waals surface area contributed by atoms with E-state index in [0.29, 0.717) is 6.42 Å². The monoisotopic (exact) mass is 355 g/mol. The molecule has 1 aromatic rings. The number of carbonyl (C=O) groups excluding carboxylic acids is 1. The first-order chi connectivity index (χ1) is 11.2. The molecule has 0 radical (unpaired) electrons. The van der Waals surface area contributed by atoms with Gasteiger partial charge in [0.2, 0.25) is 0 Å². The van der Waals surface area contributed by atoms with Crippen LogP contribution in [0.2, 0.25) is 0 Å². The molecule has 0 aromatic heterocycles. The fourth-order valence-electron chi connectivity index (χ4n) is 2.97. The van der Waals surface area contributed by atoms with Crippen LogP contribution in [0, 0.1) is 0 Å². The summed E-state index contributed by atoms with van der Waals surface area (Å²) in [6.07, 6.45) is 0.926. The van der Waals surface area contributed by atoms with Gasteiger partial charge in [-0.25, -0.2) is 9.46 Å². The Bertz CT molecular complexity index is 632. The minimum absolute atomic E-state index is 0.442. The average Bonchev–Trinajstić information content (AvgIpc) is 2.53. The molecule has 1 amide bonds. The van der Waals surface area contributed by atoms with Gasteiger partial charge >= 0.3 is 13.6 Å². The SMILES string of the molecule is CO[P@@](=O)(CO)N(C(=O)OC(C)(C)C)[C@H]1CCCc2ccccc21. The summed E-state index contributed by atoms with van der Waals surface area (Å²) in [7, 11) is -2.50. The average molecular weight is 355 g/mol. The lowest BCUT2D eigenvalue weighted by molar-refractivity contribution is 0.0287. The highest BCUT2D eigenvalue weighted by Gasteiger charge is 2.43. The van der Waals surface area contributed by atoms with Gasteiger partial charge in [0.05, 0.1) is 6.04 Å². The fraction of sp³-hybridized carbons (Fsp3) is 0.588. The Balaban J connectivity index is 2.48. The second-order valence-corrected chi connectivity index (χ2v) is 9.25. The number of fused-ring (bicyclic) bond motifs is 1. The van der Waals surface area contributed by atoms with Crippen molar-refractivity contribution in [2.24, 2.45) is 0 Å². The lowest BCUT2D eigenvalue weighted by Gasteiger charge is -2.39. The Labute approximate surface area is 143 Å². The van der Waals surface area contributed by atoms with Gasteiger partial charge in [-0.2, -0.15) is 0 Å². The van der Waals surface area contributed by atoms with Crippen LogP contribution in [0.5, 0.6) is 0 Å². The Kier molecular flexibility index (Phi) is 5.74. The highest BCUT2D eigenvalue weighted by Crippen LogP contribution is 2.56. The normalized spacial score (nSPS) is 20.0. The third-order valence-electron chi connectivity index (χ3n) is 4.01. The summed E-state index contributed by atoms with van der Waals surface area (Å²) < 4.78 is 24.7. The molecule has 0 saturated heterocycles. The zero-order chi connectivity index (χ0) is 18.0. The van der Waals surface area contributed by atoms with Crippen LogP contribution in [0.15, 0.2) is 24.3 Å². The maximum absolute atomic E-state index is 13.0. The molecule has 1 aromatic carbocycles. The number of aryl methyl sites for hydroxylation is 1. The summed E-state index contributed by atoms with van der Waals surface area (Å²) >= 11 is 0. The van der Waals surface area contributed by atoms with Gasteiger partial charge < -0.3 is 14.4 Å². The number of rotatable bonds is 4. The summed E-state index contributed by atoms with van der Waals surface area (Å²) in [6.45, 7) is 5.23. The highest BCUT2D eigenvalue weighted by atomic mass is 31.2. The molecule has 24 heavy (non-hydrogen) atoms. The fourth-order valence-corrected chi connectivity index (χ4v) is 4.35. The van der Waals surface area contributed by atoms with Crippen molar-refractivity contribution in [2.45, 2.75) is 51.7 Å². The Morgan fingerprint density at radius 1 is 1.38 bits per heavy atom. The third kappa shape index (κ3) is 4.00. The quantitative estimate of drug-likeness (QED) is 0.823. The van der Waals surface area contributed by atoms with E-state index in [1.54, 1.807) is 20.8 Å². The number of benzene rings is 1. The number of ether oxygens (including phenoxy) is 1. The topological polar surface area (TPSA) is 76.1 Å². The molecule has 0 spiro atoms. The molecule has 1 N–H and O–H groups in total. The lowest BCUT2D eigenvalue weighted by atomic mass is 9.88. The van der Waals surface area contributed by atoms with E-state index in [9.17, 15) is 14.5 Å². The molecule has 7 heteroatoms. The first kappa shape index (κ1) is 19.0. The highest BCUT2D eigenvalue weighted by molar-refractivity contribution is 7.56. The van der Waals surface area contributed by atoms with Gasteiger partial charge in [0.25, 0.3) is 0 Å². The molecule has 0 aliphatic heterocycles. The molecule has 1 aliphatic rings. The molecule has 6 nitrogen and oxygen atoms in total. The van der Waals surface area contributed by atoms with Crippen molar-refractivity contribution >= 4 is 13.6 Å². The molecular weight excluding hydrogens is 329 g/mol. The summed E-state index contributed by atoms with van der Waals surface area (Å²) in [6, 6.07) is 7.32. The minimum Gasteiger partial charge on any atom is -0.443 e. The molecular formula is C17H26NO5P. The van der Waals surface area contributed by atoms with Crippen LogP contribution in [0.1, 0.15) is 50.8 Å². The molecule has 0 heterocycles. The van der Waals surface area contributed by atoms with E-state index in [0.717, 1.165) is 28.6 Å². The molecule has 0 unspecified atom stereocenters. The zero-order valence-corrected chi connectivity index (χ0v) is 15.6. The van der Waals surface area contributed by atoms with Crippen LogP contribution in [0.4, 0.5) is 4.79 Å². The van der Waals surface area contributed by atoms with Gasteiger partial charge in [-0.05, 0) is 51.2 Å². The Morgan fingerprint density at radius 3 is 2.62 bits per heavy atom. The van der Waals surface area contributed by atoms with Crippen LogP contribution < -0.4 is 0 Å². The van der Waals surface area contributed by atoms with Crippen molar-refractivity contribution in [3.05, 3.63) is 35.4 Å². The molecule has 134 valence electrons. The first-order valence-corrected chi connectivity index (χ1v) is 9.84. The predicted molar refractivity (Wildman–Crippen MR) is 91.9 cm³/mol. The molecule has 2 atom stereocenters. The van der Waals surface area contributed by atoms with E-state index in [-0.39, 0.29) is 0 Å². The van der Waals surface area contributed by atoms with Crippen molar-refractivity contribution in [3.8, 4) is 0 Å². The van der Waals surface area contributed by atoms with E-state index in [1.165, 1.54) is 7.11 Å². The van der Waals surface area contributed by atoms with Crippen molar-refractivity contribution in [2.75, 3.05) is 13.5 Å². The van der Waals surface area contributed by atoms with Crippen molar-refractivity contribution in [3.63, 3.8) is 0 Å². The lowest BCUT2D eigenvalue weighted by Crippen LogP contribution is -2.39. The number of carbonyl (C=O) groups is 1. The second-order valence-electron chi connectivity index (χ2n) is 6.89. The van der Waals surface area contributed by atoms with E-state index < -0.39 is 31.6 Å². The molecule has 0 fully saturated rings. The molecule has 2 rings (SSSR count). The molecule has 1 aliphatic carbocycles. The summed E-state index contributed by atoms with van der Waals surface area (Å²) in [5, 5.41) is 9.64. The smallest absolute Gasteiger partial charge is 0.418 e. The van der Waals surface area contributed by atoms with Crippen LogP contribution in [-0.4, -0.2) is 34.9 Å². The van der Waals surface area contributed by atoms with Gasteiger partial charge in [0.1, 0.15) is 11.9 Å². The van der Waals surface area contributed by atoms with Gasteiger partial charge in [-0.1, -0.05) is 24.3 Å². The van der Waals surface area contributed by atoms with Crippen LogP contribution >= 0.6 is 7.52 Å². The number of nitrogens with zero attached hydrogens (tertiary/aromatic N) is 1. The molecule has 0 bridgehead atoms. The van der Waals surface area contributed by atoms with Crippen LogP contribution in [-0.2, 0) is 20.2 Å². The van der Waals surface area contributed by atoms with Crippen LogP contribution in [0.3, 0.4) is 0 Å². The van der Waals surface area contributed by atoms with E-state index in [1.807, 2.05) is 24.3 Å². The number of hydrogen-bond acceptors (Lipinski definition) is 5. The van der Waals surface area contributed by atoms with Gasteiger partial charge in [0.15, 0.2) is 0 Å². The predicted octanol–water partition coefficient (Wildman–Crippen LogP) is 4.09. The number of amides is 1.